The van der Waals surface area contributed by atoms with Crippen molar-refractivity contribution in [2.45, 2.75) is 50.3 Å². The highest BCUT2D eigenvalue weighted by atomic mass is 32.2. The number of rotatable bonds is 7. The van der Waals surface area contributed by atoms with E-state index in [2.05, 4.69) is 11.4 Å². The number of anilines is 1. The quantitative estimate of drug-likeness (QED) is 0.712. The molecule has 3 rings (SSSR count). The molecular weight excluding hydrogens is 406 g/mol. The third kappa shape index (κ3) is 4.53. The van der Waals surface area contributed by atoms with Crippen molar-refractivity contribution < 1.29 is 13.2 Å². The molecule has 0 saturated carbocycles. The molecule has 0 bridgehead atoms. The van der Waals surface area contributed by atoms with Crippen LogP contribution < -0.4 is 5.32 Å². The molecule has 1 amide bonds. The molecule has 1 aromatic carbocycles. The Labute approximate surface area is 176 Å². The maximum Gasteiger partial charge on any atom is 0.256 e. The standard InChI is InChI=1S/C21H25N3O3S2/c1-3-4-13-24(2)29(26,27)16-11-9-15(10-12-16)20(25)23-21-18(14-22)17-7-5-6-8-19(17)28-21/h9-12H,3-8,13H2,1-2H3,(H,23,25). The molecule has 29 heavy (non-hydrogen) atoms. The van der Waals surface area contributed by atoms with Crippen LogP contribution in [0.5, 0.6) is 0 Å². The molecule has 0 spiro atoms. The summed E-state index contributed by atoms with van der Waals surface area (Å²) in [5.41, 5.74) is 1.99. The molecule has 1 aromatic heterocycles. The summed E-state index contributed by atoms with van der Waals surface area (Å²) in [6, 6.07) is 8.16. The van der Waals surface area contributed by atoms with Crippen molar-refractivity contribution in [3.63, 3.8) is 0 Å². The molecule has 1 heterocycles. The van der Waals surface area contributed by atoms with Crippen LogP contribution in [0.4, 0.5) is 5.00 Å². The molecule has 0 saturated heterocycles. The molecule has 154 valence electrons. The van der Waals surface area contributed by atoms with Crippen molar-refractivity contribution in [1.29, 1.82) is 5.26 Å². The number of benzene rings is 1. The topological polar surface area (TPSA) is 90.3 Å². The number of fused-ring (bicyclic) bond motifs is 1. The van der Waals surface area contributed by atoms with E-state index in [0.29, 0.717) is 22.7 Å². The Morgan fingerprint density at radius 2 is 1.93 bits per heavy atom. The van der Waals surface area contributed by atoms with Crippen LogP contribution in [0.3, 0.4) is 0 Å². The summed E-state index contributed by atoms with van der Waals surface area (Å²) in [6.45, 7) is 2.47. The maximum absolute atomic E-state index is 12.7. The highest BCUT2D eigenvalue weighted by Crippen LogP contribution is 2.37. The number of hydrogen-bond acceptors (Lipinski definition) is 5. The summed E-state index contributed by atoms with van der Waals surface area (Å²) in [4.78, 5) is 14.0. The minimum Gasteiger partial charge on any atom is -0.312 e. The fourth-order valence-electron chi connectivity index (χ4n) is 3.41. The third-order valence-corrected chi connectivity index (χ3v) is 8.24. The van der Waals surface area contributed by atoms with E-state index in [4.69, 9.17) is 0 Å². The molecule has 1 aliphatic carbocycles. The second-order valence-electron chi connectivity index (χ2n) is 7.19. The predicted octanol–water partition coefficient (Wildman–Crippen LogP) is 4.17. The van der Waals surface area contributed by atoms with Gasteiger partial charge >= 0.3 is 0 Å². The van der Waals surface area contributed by atoms with Crippen molar-refractivity contribution in [1.82, 2.24) is 4.31 Å². The van der Waals surface area contributed by atoms with E-state index in [1.54, 1.807) is 7.05 Å². The van der Waals surface area contributed by atoms with Gasteiger partial charge in [0.2, 0.25) is 10.0 Å². The van der Waals surface area contributed by atoms with Gasteiger partial charge in [-0.3, -0.25) is 4.79 Å². The van der Waals surface area contributed by atoms with Crippen LogP contribution in [0.1, 0.15) is 59.0 Å². The summed E-state index contributed by atoms with van der Waals surface area (Å²) in [5.74, 6) is -0.344. The number of carbonyl (C=O) groups excluding carboxylic acids is 1. The number of nitriles is 1. The Hall–Kier alpha value is -2.21. The smallest absolute Gasteiger partial charge is 0.256 e. The first-order chi connectivity index (χ1) is 13.9. The van der Waals surface area contributed by atoms with E-state index in [1.807, 2.05) is 6.92 Å². The van der Waals surface area contributed by atoms with Crippen LogP contribution in [-0.2, 0) is 22.9 Å². The van der Waals surface area contributed by atoms with E-state index >= 15 is 0 Å². The number of carbonyl (C=O) groups is 1. The fourth-order valence-corrected chi connectivity index (χ4v) is 5.85. The van der Waals surface area contributed by atoms with E-state index in [9.17, 15) is 18.5 Å². The summed E-state index contributed by atoms with van der Waals surface area (Å²) < 4.78 is 26.5. The first-order valence-corrected chi connectivity index (χ1v) is 12.1. The van der Waals surface area contributed by atoms with Gasteiger partial charge in [0.25, 0.3) is 5.91 Å². The molecular formula is C21H25N3O3S2. The normalized spacial score (nSPS) is 13.7. The van der Waals surface area contributed by atoms with Crippen LogP contribution in [-0.4, -0.2) is 32.2 Å². The first kappa shape index (κ1) is 21.5. The zero-order valence-corrected chi connectivity index (χ0v) is 18.3. The molecule has 0 aliphatic heterocycles. The van der Waals surface area contributed by atoms with Gasteiger partial charge in [0, 0.05) is 24.0 Å². The van der Waals surface area contributed by atoms with Gasteiger partial charge in [-0.15, -0.1) is 11.3 Å². The predicted molar refractivity (Wildman–Crippen MR) is 115 cm³/mol. The van der Waals surface area contributed by atoms with Crippen molar-refractivity contribution >= 4 is 32.3 Å². The number of amides is 1. The largest absolute Gasteiger partial charge is 0.312 e. The Bertz CT molecular complexity index is 1030. The van der Waals surface area contributed by atoms with Gasteiger partial charge in [-0.05, 0) is 61.9 Å². The lowest BCUT2D eigenvalue weighted by Gasteiger charge is -2.16. The maximum atomic E-state index is 12.7. The number of nitrogens with one attached hydrogen (secondary N) is 1. The average Bonchev–Trinajstić information content (AvgIpc) is 3.08. The summed E-state index contributed by atoms with van der Waals surface area (Å²) >= 11 is 1.47. The SMILES string of the molecule is CCCCN(C)S(=O)(=O)c1ccc(C(=O)Nc2sc3c(c2C#N)CCCC3)cc1. The summed E-state index contributed by atoms with van der Waals surface area (Å²) in [7, 11) is -2.00. The van der Waals surface area contributed by atoms with E-state index in [1.165, 1.54) is 44.8 Å². The summed E-state index contributed by atoms with van der Waals surface area (Å²) in [6.07, 6.45) is 5.70. The number of unbranched alkanes of at least 4 members (excludes halogenated alkanes) is 1. The molecule has 0 fully saturated rings. The van der Waals surface area contributed by atoms with Crippen LogP contribution >= 0.6 is 11.3 Å². The van der Waals surface area contributed by atoms with Crippen molar-refractivity contribution in [3.8, 4) is 6.07 Å². The highest BCUT2D eigenvalue weighted by molar-refractivity contribution is 7.89. The highest BCUT2D eigenvalue weighted by Gasteiger charge is 2.23. The molecule has 0 atom stereocenters. The van der Waals surface area contributed by atoms with Crippen molar-refractivity contribution in [2.75, 3.05) is 18.9 Å². The zero-order valence-electron chi connectivity index (χ0n) is 16.7. The van der Waals surface area contributed by atoms with Crippen LogP contribution in [0.15, 0.2) is 29.2 Å². The molecule has 2 aromatic rings. The number of thiophene rings is 1. The lowest BCUT2D eigenvalue weighted by Crippen LogP contribution is -2.28. The third-order valence-electron chi connectivity index (χ3n) is 5.16. The Morgan fingerprint density at radius 3 is 2.59 bits per heavy atom. The van der Waals surface area contributed by atoms with E-state index in [0.717, 1.165) is 44.1 Å². The molecule has 8 heteroatoms. The van der Waals surface area contributed by atoms with Gasteiger partial charge in [0.15, 0.2) is 0 Å². The van der Waals surface area contributed by atoms with Crippen LogP contribution in [0.2, 0.25) is 0 Å². The summed E-state index contributed by atoms with van der Waals surface area (Å²) in [5, 5.41) is 12.9. The molecule has 1 N–H and O–H groups in total. The van der Waals surface area contributed by atoms with Crippen LogP contribution in [0.25, 0.3) is 0 Å². The first-order valence-electron chi connectivity index (χ1n) is 9.81. The fraction of sp³-hybridized carbons (Fsp3) is 0.429. The van der Waals surface area contributed by atoms with Crippen molar-refractivity contribution in [3.05, 3.63) is 45.8 Å². The minimum atomic E-state index is -3.56. The zero-order chi connectivity index (χ0) is 21.0. The lowest BCUT2D eigenvalue weighted by molar-refractivity contribution is 0.102. The molecule has 6 nitrogen and oxygen atoms in total. The van der Waals surface area contributed by atoms with Gasteiger partial charge < -0.3 is 5.32 Å². The second-order valence-corrected chi connectivity index (χ2v) is 10.3. The number of hydrogen-bond donors (Lipinski definition) is 1. The monoisotopic (exact) mass is 431 g/mol. The second kappa shape index (κ2) is 9.08. The van der Waals surface area contributed by atoms with E-state index in [-0.39, 0.29) is 10.8 Å². The molecule has 0 unspecified atom stereocenters. The van der Waals surface area contributed by atoms with Gasteiger partial charge in [0.05, 0.1) is 10.5 Å². The lowest BCUT2D eigenvalue weighted by atomic mass is 9.96. The van der Waals surface area contributed by atoms with Crippen LogP contribution in [0, 0.1) is 11.3 Å². The Morgan fingerprint density at radius 1 is 1.24 bits per heavy atom. The number of nitrogens with zero attached hydrogens (tertiary/aromatic N) is 2. The van der Waals surface area contributed by atoms with Crippen molar-refractivity contribution in [2.24, 2.45) is 0 Å². The number of aryl methyl sites for hydroxylation is 1. The average molecular weight is 432 g/mol. The van der Waals surface area contributed by atoms with E-state index < -0.39 is 10.0 Å². The Balaban J connectivity index is 1.76. The molecule has 1 aliphatic rings. The van der Waals surface area contributed by atoms with Gasteiger partial charge in [-0.2, -0.15) is 5.26 Å². The van der Waals surface area contributed by atoms with Gasteiger partial charge in [-0.25, -0.2) is 12.7 Å². The Kier molecular flexibility index (Phi) is 6.73. The molecule has 0 radical (unpaired) electrons. The number of sulfonamides is 1. The van der Waals surface area contributed by atoms with Gasteiger partial charge in [0.1, 0.15) is 11.1 Å². The minimum absolute atomic E-state index is 0.164. The van der Waals surface area contributed by atoms with Gasteiger partial charge in [-0.1, -0.05) is 13.3 Å².